The van der Waals surface area contributed by atoms with Crippen LogP contribution in [0.4, 0.5) is 0 Å². The van der Waals surface area contributed by atoms with Crippen LogP contribution >= 0.6 is 7.82 Å². The lowest BCUT2D eigenvalue weighted by molar-refractivity contribution is -0.161. The molecule has 4 N–H and O–H groups in total. The highest BCUT2D eigenvalue weighted by atomic mass is 31.2. The molecule has 0 aromatic heterocycles. The monoisotopic (exact) mass is 767 g/mol. The van der Waals surface area contributed by atoms with E-state index >= 15 is 0 Å². The predicted molar refractivity (Wildman–Crippen MR) is 212 cm³/mol. The quantitative estimate of drug-likeness (QED) is 0.0240. The molecule has 1 unspecified atom stereocenters. The molecule has 0 saturated carbocycles. The predicted octanol–water partition coefficient (Wildman–Crippen LogP) is 10.00. The number of carboxylic acid groups (broad SMARTS) is 1. The molecule has 0 aromatic rings. The number of ether oxygens (including phenoxy) is 2. The molecule has 53 heavy (non-hydrogen) atoms. The lowest BCUT2D eigenvalue weighted by Crippen LogP contribution is -2.34. The molecule has 0 heterocycles. The third kappa shape index (κ3) is 36.0. The van der Waals surface area contributed by atoms with E-state index in [1.54, 1.807) is 0 Å². The molecule has 0 radical (unpaired) electrons. The van der Waals surface area contributed by atoms with Crippen molar-refractivity contribution in [3.05, 3.63) is 60.8 Å². The zero-order valence-electron chi connectivity index (χ0n) is 32.6. The molecule has 0 bridgehead atoms. The van der Waals surface area contributed by atoms with Gasteiger partial charge in [0.05, 0.1) is 13.2 Å². The van der Waals surface area contributed by atoms with Gasteiger partial charge in [0.2, 0.25) is 0 Å². The summed E-state index contributed by atoms with van der Waals surface area (Å²) >= 11 is 0. The van der Waals surface area contributed by atoms with Gasteiger partial charge in [-0.2, -0.15) is 0 Å². The summed E-state index contributed by atoms with van der Waals surface area (Å²) in [5.74, 6) is -2.46. The topological polar surface area (TPSA) is 172 Å². The Labute approximate surface area is 319 Å². The molecule has 304 valence electrons. The van der Waals surface area contributed by atoms with Crippen molar-refractivity contribution in [2.24, 2.45) is 5.73 Å². The van der Waals surface area contributed by atoms with Crippen LogP contribution in [0.15, 0.2) is 60.8 Å². The highest BCUT2D eigenvalue weighted by Crippen LogP contribution is 2.43. The maximum absolute atomic E-state index is 12.6. The molecule has 11 nitrogen and oxygen atoms in total. The van der Waals surface area contributed by atoms with E-state index in [-0.39, 0.29) is 19.4 Å². The van der Waals surface area contributed by atoms with Crippen LogP contribution in [0.5, 0.6) is 0 Å². The van der Waals surface area contributed by atoms with Crippen LogP contribution in [0.3, 0.4) is 0 Å². The number of carbonyl (C=O) groups is 3. The third-order valence-corrected chi connectivity index (χ3v) is 8.94. The minimum atomic E-state index is -4.73. The number of nitrogens with two attached hydrogens (primary N) is 1. The van der Waals surface area contributed by atoms with E-state index in [0.717, 1.165) is 77.0 Å². The minimum absolute atomic E-state index is 0.134. The zero-order chi connectivity index (χ0) is 39.3. The number of carboxylic acids is 1. The van der Waals surface area contributed by atoms with Gasteiger partial charge in [0.1, 0.15) is 12.6 Å². The van der Waals surface area contributed by atoms with Gasteiger partial charge in [-0.1, -0.05) is 120 Å². The lowest BCUT2D eigenvalue weighted by Gasteiger charge is -2.20. The van der Waals surface area contributed by atoms with Gasteiger partial charge in [0, 0.05) is 12.8 Å². The second-order valence-electron chi connectivity index (χ2n) is 13.1. The normalized spacial score (nSPS) is 14.5. The van der Waals surface area contributed by atoms with Gasteiger partial charge >= 0.3 is 25.7 Å². The van der Waals surface area contributed by atoms with Crippen molar-refractivity contribution in [1.82, 2.24) is 0 Å². The van der Waals surface area contributed by atoms with Gasteiger partial charge in [0.25, 0.3) is 0 Å². The average Bonchev–Trinajstić information content (AvgIpc) is 3.13. The molecular formula is C41H70NO10P. The number of esters is 2. The van der Waals surface area contributed by atoms with Crippen LogP contribution in [-0.2, 0) is 37.5 Å². The van der Waals surface area contributed by atoms with Gasteiger partial charge < -0.3 is 25.2 Å². The summed E-state index contributed by atoms with van der Waals surface area (Å²) in [6, 6.07) is -1.53. The molecule has 0 saturated heterocycles. The number of aliphatic carboxylic acids is 1. The van der Waals surface area contributed by atoms with Crippen molar-refractivity contribution in [2.75, 3.05) is 19.8 Å². The van der Waals surface area contributed by atoms with Gasteiger partial charge in [-0.25, -0.2) is 4.57 Å². The summed E-state index contributed by atoms with van der Waals surface area (Å²) in [6.45, 7) is 2.65. The first-order chi connectivity index (χ1) is 25.6. The Morgan fingerprint density at radius 2 is 1.02 bits per heavy atom. The van der Waals surface area contributed by atoms with Crippen molar-refractivity contribution < 1.29 is 47.5 Å². The third-order valence-electron chi connectivity index (χ3n) is 7.99. The SMILES string of the molecule is CCCC/C=C/C/C=C/CCCCCCCC(=O)O[C@H](COC(=O)CCCC/C=C/C/C=C/C/C=C/CCCCC)COP(=O)(O)OC[C@H](N)C(=O)O. The first kappa shape index (κ1) is 50.2. The Kier molecular flexibility index (Phi) is 34.2. The van der Waals surface area contributed by atoms with Crippen LogP contribution in [0.2, 0.25) is 0 Å². The lowest BCUT2D eigenvalue weighted by atomic mass is 10.1. The van der Waals surface area contributed by atoms with Gasteiger partial charge in [-0.3, -0.25) is 23.4 Å². The number of rotatable bonds is 36. The van der Waals surface area contributed by atoms with Crippen molar-refractivity contribution in [3.8, 4) is 0 Å². The first-order valence-corrected chi connectivity index (χ1v) is 21.3. The molecule has 0 fully saturated rings. The molecule has 0 spiro atoms. The molecule has 12 heteroatoms. The summed E-state index contributed by atoms with van der Waals surface area (Å²) in [6.07, 6.45) is 40.0. The summed E-state index contributed by atoms with van der Waals surface area (Å²) < 4.78 is 32.5. The number of hydrogen-bond donors (Lipinski definition) is 3. The largest absolute Gasteiger partial charge is 0.480 e. The summed E-state index contributed by atoms with van der Waals surface area (Å²) in [7, 11) is -4.73. The highest BCUT2D eigenvalue weighted by molar-refractivity contribution is 7.47. The number of hydrogen-bond acceptors (Lipinski definition) is 9. The number of phosphoric acid groups is 1. The van der Waals surface area contributed by atoms with E-state index in [0.29, 0.717) is 12.8 Å². The fraction of sp³-hybridized carbons (Fsp3) is 0.683. The zero-order valence-corrected chi connectivity index (χ0v) is 33.5. The Hall–Kier alpha value is -2.82. The Bertz CT molecular complexity index is 1130. The fourth-order valence-electron chi connectivity index (χ4n) is 4.79. The maximum atomic E-state index is 12.6. The van der Waals surface area contributed by atoms with Gasteiger partial charge in [-0.15, -0.1) is 0 Å². The van der Waals surface area contributed by atoms with E-state index in [4.69, 9.17) is 24.8 Å². The molecule has 0 aliphatic heterocycles. The molecule has 3 atom stereocenters. The molecule has 0 aromatic carbocycles. The second kappa shape index (κ2) is 36.2. The summed E-state index contributed by atoms with van der Waals surface area (Å²) in [4.78, 5) is 45.8. The van der Waals surface area contributed by atoms with Crippen LogP contribution in [0.1, 0.15) is 149 Å². The van der Waals surface area contributed by atoms with Gasteiger partial charge in [0.15, 0.2) is 6.10 Å². The summed E-state index contributed by atoms with van der Waals surface area (Å²) in [5.41, 5.74) is 5.32. The minimum Gasteiger partial charge on any atom is -0.480 e. The van der Waals surface area contributed by atoms with E-state index in [9.17, 15) is 23.8 Å². The average molecular weight is 768 g/mol. The van der Waals surface area contributed by atoms with Crippen molar-refractivity contribution in [2.45, 2.75) is 161 Å². The van der Waals surface area contributed by atoms with Gasteiger partial charge in [-0.05, 0) is 77.0 Å². The van der Waals surface area contributed by atoms with Crippen LogP contribution in [-0.4, -0.2) is 59.9 Å². The van der Waals surface area contributed by atoms with E-state index in [1.807, 2.05) is 0 Å². The molecule has 0 aliphatic rings. The van der Waals surface area contributed by atoms with Crippen LogP contribution < -0.4 is 5.73 Å². The number of unbranched alkanes of at least 4 members (excludes halogenated alkanes) is 12. The maximum Gasteiger partial charge on any atom is 0.472 e. The summed E-state index contributed by atoms with van der Waals surface area (Å²) in [5, 5.41) is 8.86. The number of phosphoric ester groups is 1. The number of carbonyl (C=O) groups excluding carboxylic acids is 2. The Morgan fingerprint density at radius 3 is 1.58 bits per heavy atom. The highest BCUT2D eigenvalue weighted by Gasteiger charge is 2.28. The number of allylic oxidation sites excluding steroid dienone is 10. The van der Waals surface area contributed by atoms with E-state index in [2.05, 4.69) is 79.1 Å². The smallest absolute Gasteiger partial charge is 0.472 e. The molecule has 0 amide bonds. The molecule has 0 aliphatic carbocycles. The molecule has 0 rings (SSSR count). The van der Waals surface area contributed by atoms with Crippen molar-refractivity contribution in [1.29, 1.82) is 0 Å². The fourth-order valence-corrected chi connectivity index (χ4v) is 5.57. The first-order valence-electron chi connectivity index (χ1n) is 19.8. The van der Waals surface area contributed by atoms with Crippen LogP contribution in [0, 0.1) is 0 Å². The van der Waals surface area contributed by atoms with Crippen molar-refractivity contribution >= 4 is 25.7 Å². The Morgan fingerprint density at radius 1 is 0.585 bits per heavy atom. The molecular weight excluding hydrogens is 697 g/mol. The standard InChI is InChI=1S/C41H70NO10P/c1-3-5-7-9-11-13-15-17-19-21-22-24-26-28-30-32-39(43)49-34-37(35-50-53(47,48)51-36-38(42)41(45)46)52-40(44)33-31-29-27-25-23-20-18-16-14-12-10-8-6-4-2/h10-13,16-19,22,24,37-38H,3-9,14-15,20-21,23,25-36,42H2,1-2H3,(H,45,46)(H,47,48)/b12-10+,13-11+,18-16+,19-17+,24-22+/t37-,38+/m1/s1. The van der Waals surface area contributed by atoms with E-state index < -0.39 is 51.1 Å². The van der Waals surface area contributed by atoms with E-state index in [1.165, 1.54) is 32.1 Å². The van der Waals surface area contributed by atoms with Crippen LogP contribution in [0.25, 0.3) is 0 Å². The second-order valence-corrected chi connectivity index (χ2v) is 14.5. The Balaban J connectivity index is 4.53. The van der Waals surface area contributed by atoms with Crippen molar-refractivity contribution in [3.63, 3.8) is 0 Å².